The summed E-state index contributed by atoms with van der Waals surface area (Å²) in [6, 6.07) is 0.0614. The third-order valence-corrected chi connectivity index (χ3v) is 5.41. The zero-order valence-electron chi connectivity index (χ0n) is 17.1. The molecule has 1 aliphatic heterocycles. The second-order valence-electron chi connectivity index (χ2n) is 8.44. The van der Waals surface area contributed by atoms with Crippen molar-refractivity contribution in [3.8, 4) is 0 Å². The monoisotopic (exact) mass is 388 g/mol. The molecule has 0 spiro atoms. The van der Waals surface area contributed by atoms with Crippen LogP contribution in [0, 0.1) is 12.8 Å². The van der Waals surface area contributed by atoms with Crippen LogP contribution in [-0.4, -0.2) is 55.3 Å². The molecular weight excluding hydrogens is 360 g/mol. The van der Waals surface area contributed by atoms with Gasteiger partial charge in [-0.1, -0.05) is 0 Å². The number of likely N-dealkylation sites (tertiary alicyclic amines) is 1. The minimum Gasteiger partial charge on any atom is -0.478 e. The summed E-state index contributed by atoms with van der Waals surface area (Å²) in [5, 5.41) is 10.2. The average molecular weight is 388 g/mol. The van der Waals surface area contributed by atoms with E-state index in [0.29, 0.717) is 35.7 Å². The van der Waals surface area contributed by atoms with Crippen LogP contribution in [-0.2, 0) is 4.74 Å². The highest BCUT2D eigenvalue weighted by atomic mass is 16.6. The predicted molar refractivity (Wildman–Crippen MR) is 104 cm³/mol. The van der Waals surface area contributed by atoms with Gasteiger partial charge in [0.25, 0.3) is 0 Å². The summed E-state index contributed by atoms with van der Waals surface area (Å²) in [6.45, 7) is 10.8. The maximum absolute atomic E-state index is 12.3. The van der Waals surface area contributed by atoms with Gasteiger partial charge < -0.3 is 19.3 Å². The number of hydrogen-bond donors (Lipinski definition) is 1. The van der Waals surface area contributed by atoms with Crippen LogP contribution in [0.25, 0.3) is 11.0 Å². The molecule has 1 atom stereocenters. The summed E-state index contributed by atoms with van der Waals surface area (Å²) in [6.07, 6.45) is 4.39. The van der Waals surface area contributed by atoms with Gasteiger partial charge in [0.2, 0.25) is 0 Å². The second-order valence-corrected chi connectivity index (χ2v) is 8.44. The van der Waals surface area contributed by atoms with Gasteiger partial charge in [-0.3, -0.25) is 0 Å². The average Bonchev–Trinajstić information content (AvgIpc) is 2.91. The van der Waals surface area contributed by atoms with E-state index in [4.69, 9.17) is 4.74 Å². The summed E-state index contributed by atoms with van der Waals surface area (Å²) in [7, 11) is 0. The third kappa shape index (κ3) is 3.81. The quantitative estimate of drug-likeness (QED) is 0.862. The van der Waals surface area contributed by atoms with Crippen LogP contribution in [0.2, 0.25) is 0 Å². The lowest BCUT2D eigenvalue weighted by molar-refractivity contribution is 0.0165. The largest absolute Gasteiger partial charge is 0.478 e. The van der Waals surface area contributed by atoms with Gasteiger partial charge in [0.05, 0.1) is 10.9 Å². The zero-order chi connectivity index (χ0) is 20.6. The molecule has 3 heterocycles. The van der Waals surface area contributed by atoms with E-state index in [2.05, 4.69) is 16.9 Å². The molecule has 2 aromatic rings. The van der Waals surface area contributed by atoms with E-state index >= 15 is 0 Å². The van der Waals surface area contributed by atoms with Gasteiger partial charge >= 0.3 is 12.1 Å². The van der Waals surface area contributed by atoms with Crippen molar-refractivity contribution in [3.63, 3.8) is 0 Å². The molecule has 1 saturated heterocycles. The number of carbonyl (C=O) groups excluding carboxylic acids is 1. The predicted octanol–water partition coefficient (Wildman–Crippen LogP) is 3.65. The molecule has 0 aliphatic carbocycles. The van der Waals surface area contributed by atoms with Gasteiger partial charge in [-0.25, -0.2) is 19.6 Å². The molecule has 1 aliphatic rings. The Balaban J connectivity index is 1.80. The van der Waals surface area contributed by atoms with Crippen molar-refractivity contribution in [1.29, 1.82) is 0 Å². The number of piperidine rings is 1. The summed E-state index contributed by atoms with van der Waals surface area (Å²) < 4.78 is 7.47. The van der Waals surface area contributed by atoms with Crippen LogP contribution in [0.3, 0.4) is 0 Å². The summed E-state index contributed by atoms with van der Waals surface area (Å²) >= 11 is 0. The topological polar surface area (TPSA) is 97.5 Å². The number of ether oxygens (including phenoxy) is 1. The normalized spacial score (nSPS) is 17.0. The van der Waals surface area contributed by atoms with Crippen LogP contribution in [0.5, 0.6) is 0 Å². The number of aromatic nitrogens is 3. The molecule has 8 heteroatoms. The molecule has 152 valence electrons. The molecule has 1 fully saturated rings. The van der Waals surface area contributed by atoms with Crippen molar-refractivity contribution in [3.05, 3.63) is 23.8 Å². The Labute approximate surface area is 164 Å². The van der Waals surface area contributed by atoms with Crippen LogP contribution < -0.4 is 0 Å². The Bertz CT molecular complexity index is 891. The van der Waals surface area contributed by atoms with Gasteiger partial charge in [-0.05, 0) is 53.4 Å². The van der Waals surface area contributed by atoms with Gasteiger partial charge in [0.1, 0.15) is 17.6 Å². The highest BCUT2D eigenvalue weighted by molar-refractivity contribution is 6.03. The SMILES string of the molecule is Cc1c(C(=O)O)c2cncnc2n1C(C)C1CCN(C(=O)OC(C)(C)C)CC1. The molecule has 3 rings (SSSR count). The van der Waals surface area contributed by atoms with E-state index in [1.54, 1.807) is 11.1 Å². The lowest BCUT2D eigenvalue weighted by atomic mass is 9.90. The lowest BCUT2D eigenvalue weighted by Crippen LogP contribution is -2.42. The number of amides is 1. The first-order chi connectivity index (χ1) is 13.1. The fourth-order valence-corrected chi connectivity index (χ4v) is 4.04. The number of aromatic carboxylic acids is 1. The van der Waals surface area contributed by atoms with Crippen molar-refractivity contribution in [1.82, 2.24) is 19.4 Å². The highest BCUT2D eigenvalue weighted by Gasteiger charge is 2.32. The van der Waals surface area contributed by atoms with Gasteiger partial charge in [-0.15, -0.1) is 0 Å². The van der Waals surface area contributed by atoms with Crippen LogP contribution in [0.4, 0.5) is 4.79 Å². The van der Waals surface area contributed by atoms with Crippen LogP contribution in [0.15, 0.2) is 12.5 Å². The fourth-order valence-electron chi connectivity index (χ4n) is 4.04. The first-order valence-corrected chi connectivity index (χ1v) is 9.62. The maximum Gasteiger partial charge on any atom is 0.410 e. The molecular formula is C20H28N4O4. The molecule has 2 aromatic heterocycles. The Morgan fingerprint density at radius 3 is 2.50 bits per heavy atom. The Hall–Kier alpha value is -2.64. The number of hydrogen-bond acceptors (Lipinski definition) is 5. The Morgan fingerprint density at radius 2 is 1.93 bits per heavy atom. The number of carboxylic acid groups (broad SMARTS) is 1. The van der Waals surface area contributed by atoms with Crippen molar-refractivity contribution >= 4 is 23.1 Å². The molecule has 0 bridgehead atoms. The highest BCUT2D eigenvalue weighted by Crippen LogP contribution is 2.34. The molecule has 0 saturated carbocycles. The molecule has 8 nitrogen and oxygen atoms in total. The van der Waals surface area contributed by atoms with Crippen molar-refractivity contribution in [2.24, 2.45) is 5.92 Å². The number of nitrogens with zero attached hydrogens (tertiary/aromatic N) is 4. The van der Waals surface area contributed by atoms with Crippen LogP contribution in [0.1, 0.15) is 62.6 Å². The van der Waals surface area contributed by atoms with E-state index in [1.807, 2.05) is 32.3 Å². The number of rotatable bonds is 3. The minimum atomic E-state index is -0.969. The number of carboxylic acids is 1. The second kappa shape index (κ2) is 7.41. The maximum atomic E-state index is 12.3. The number of carbonyl (C=O) groups is 2. The molecule has 1 unspecified atom stereocenters. The number of fused-ring (bicyclic) bond motifs is 1. The van der Waals surface area contributed by atoms with Gasteiger partial charge in [-0.2, -0.15) is 0 Å². The van der Waals surface area contributed by atoms with Crippen LogP contribution >= 0.6 is 0 Å². The van der Waals surface area contributed by atoms with E-state index in [1.165, 1.54) is 6.33 Å². The van der Waals surface area contributed by atoms with Gasteiger partial charge in [0, 0.05) is 31.0 Å². The first-order valence-electron chi connectivity index (χ1n) is 9.62. The minimum absolute atomic E-state index is 0.0614. The fraction of sp³-hybridized carbons (Fsp3) is 0.600. The lowest BCUT2D eigenvalue weighted by Gasteiger charge is -2.36. The molecule has 0 aromatic carbocycles. The summed E-state index contributed by atoms with van der Waals surface area (Å²) in [5.41, 5.74) is 1.08. The summed E-state index contributed by atoms with van der Waals surface area (Å²) in [4.78, 5) is 34.1. The van der Waals surface area contributed by atoms with Crippen molar-refractivity contribution in [2.45, 2.75) is 59.1 Å². The summed E-state index contributed by atoms with van der Waals surface area (Å²) in [5.74, 6) is -0.660. The Morgan fingerprint density at radius 1 is 1.29 bits per heavy atom. The molecule has 28 heavy (non-hydrogen) atoms. The molecule has 1 amide bonds. The smallest absolute Gasteiger partial charge is 0.410 e. The third-order valence-electron chi connectivity index (χ3n) is 5.41. The van der Waals surface area contributed by atoms with Crippen molar-refractivity contribution in [2.75, 3.05) is 13.1 Å². The standard InChI is InChI=1S/C20H28N4O4/c1-12(14-6-8-23(9-7-14)19(27)28-20(3,4)5)24-13(2)16(18(25)26)15-10-21-11-22-17(15)24/h10-12,14H,6-9H2,1-5H3,(H,25,26). The van der Waals surface area contributed by atoms with Gasteiger partial charge in [0.15, 0.2) is 0 Å². The Kier molecular flexibility index (Phi) is 5.32. The van der Waals surface area contributed by atoms with E-state index in [-0.39, 0.29) is 17.7 Å². The van der Waals surface area contributed by atoms with E-state index in [9.17, 15) is 14.7 Å². The van der Waals surface area contributed by atoms with Crippen molar-refractivity contribution < 1.29 is 19.4 Å². The molecule has 0 radical (unpaired) electrons. The molecule has 1 N–H and O–H groups in total. The van der Waals surface area contributed by atoms with E-state index < -0.39 is 11.6 Å². The first kappa shape index (κ1) is 20.1. The zero-order valence-corrected chi connectivity index (χ0v) is 17.1. The van der Waals surface area contributed by atoms with E-state index in [0.717, 1.165) is 12.8 Å².